The van der Waals surface area contributed by atoms with Crippen molar-refractivity contribution in [1.29, 1.82) is 0 Å². The smallest absolute Gasteiger partial charge is 0.235 e. The fraction of sp³-hybridized carbons (Fsp3) is 0.417. The highest BCUT2D eigenvalue weighted by molar-refractivity contribution is 9.10. The molecule has 0 atom stereocenters. The molecule has 0 aromatic heterocycles. The maximum absolute atomic E-state index is 10.5. The molecule has 4 heteroatoms. The van der Waals surface area contributed by atoms with E-state index in [9.17, 15) is 4.79 Å². The third-order valence-electron chi connectivity index (χ3n) is 2.93. The van der Waals surface area contributed by atoms with E-state index in [1.807, 2.05) is 19.1 Å². The van der Waals surface area contributed by atoms with Crippen LogP contribution in [0.25, 0.3) is 0 Å². The number of rotatable bonds is 3. The minimum absolute atomic E-state index is 0.387. The summed E-state index contributed by atoms with van der Waals surface area (Å²) in [7, 11) is 1.64. The van der Waals surface area contributed by atoms with Gasteiger partial charge in [-0.25, -0.2) is 4.79 Å². The average Bonchev–Trinajstić information content (AvgIpc) is 2.98. The van der Waals surface area contributed by atoms with Crippen LogP contribution in [0.5, 0.6) is 5.75 Å². The van der Waals surface area contributed by atoms with Crippen molar-refractivity contribution in [3.8, 4) is 5.75 Å². The van der Waals surface area contributed by atoms with Gasteiger partial charge in [0.15, 0.2) is 0 Å². The highest BCUT2D eigenvalue weighted by Gasteiger charge is 2.47. The Bertz CT molecular complexity index is 474. The van der Waals surface area contributed by atoms with Gasteiger partial charge in [-0.05, 0) is 37.5 Å². The molecule has 16 heavy (non-hydrogen) atoms. The number of hydrogen-bond donors (Lipinski definition) is 0. The molecule has 1 aromatic carbocycles. The lowest BCUT2D eigenvalue weighted by Gasteiger charge is -2.16. The number of ether oxygens (including phenoxy) is 1. The normalized spacial score (nSPS) is 16.4. The van der Waals surface area contributed by atoms with Crippen LogP contribution in [0.15, 0.2) is 21.6 Å². The maximum Gasteiger partial charge on any atom is 0.235 e. The van der Waals surface area contributed by atoms with Gasteiger partial charge in [0.2, 0.25) is 6.08 Å². The molecule has 1 aliphatic rings. The van der Waals surface area contributed by atoms with Crippen LogP contribution in [0.4, 0.5) is 0 Å². The summed E-state index contributed by atoms with van der Waals surface area (Å²) in [5, 5.41) is 0. The van der Waals surface area contributed by atoms with Crippen molar-refractivity contribution in [2.24, 2.45) is 4.99 Å². The van der Waals surface area contributed by atoms with Gasteiger partial charge in [-0.2, -0.15) is 4.99 Å². The zero-order chi connectivity index (χ0) is 11.8. The number of aryl methyl sites for hydroxylation is 1. The summed E-state index contributed by atoms with van der Waals surface area (Å²) in [6, 6.07) is 3.96. The molecule has 0 saturated heterocycles. The largest absolute Gasteiger partial charge is 0.496 e. The van der Waals surface area contributed by atoms with Crippen molar-refractivity contribution in [1.82, 2.24) is 0 Å². The number of aliphatic imine (C=N–C) groups is 1. The predicted octanol–water partition coefficient (Wildman–Crippen LogP) is 3.09. The van der Waals surface area contributed by atoms with E-state index in [0.717, 1.165) is 34.2 Å². The Balaban J connectivity index is 2.59. The van der Waals surface area contributed by atoms with Crippen LogP contribution < -0.4 is 4.74 Å². The van der Waals surface area contributed by atoms with Gasteiger partial charge < -0.3 is 4.74 Å². The van der Waals surface area contributed by atoms with Crippen LogP contribution in [0, 0.1) is 6.92 Å². The molecule has 3 nitrogen and oxygen atoms in total. The van der Waals surface area contributed by atoms with Crippen LogP contribution >= 0.6 is 15.9 Å². The van der Waals surface area contributed by atoms with E-state index >= 15 is 0 Å². The van der Waals surface area contributed by atoms with Crippen molar-refractivity contribution in [2.75, 3.05) is 7.11 Å². The zero-order valence-corrected chi connectivity index (χ0v) is 10.8. The first kappa shape index (κ1) is 11.4. The fourth-order valence-corrected chi connectivity index (χ4v) is 2.57. The molecular formula is C12H12BrNO2. The third kappa shape index (κ3) is 1.79. The number of isocyanates is 1. The molecule has 1 saturated carbocycles. The molecule has 84 valence electrons. The summed E-state index contributed by atoms with van der Waals surface area (Å²) in [5.74, 6) is 0.819. The Morgan fingerprint density at radius 1 is 1.50 bits per heavy atom. The second-order valence-electron chi connectivity index (χ2n) is 4.04. The predicted molar refractivity (Wildman–Crippen MR) is 64.5 cm³/mol. The molecule has 0 N–H and O–H groups in total. The van der Waals surface area contributed by atoms with Gasteiger partial charge in [0.1, 0.15) is 11.3 Å². The minimum atomic E-state index is -0.387. The molecule has 0 bridgehead atoms. The second kappa shape index (κ2) is 4.04. The van der Waals surface area contributed by atoms with E-state index in [1.165, 1.54) is 0 Å². The molecule has 1 fully saturated rings. The average molecular weight is 282 g/mol. The molecule has 2 rings (SSSR count). The first-order valence-corrected chi connectivity index (χ1v) is 5.86. The molecule has 0 aliphatic heterocycles. The highest BCUT2D eigenvalue weighted by Crippen LogP contribution is 2.53. The molecule has 0 heterocycles. The number of benzene rings is 1. The van der Waals surface area contributed by atoms with E-state index < -0.39 is 0 Å². The summed E-state index contributed by atoms with van der Waals surface area (Å²) < 4.78 is 6.37. The van der Waals surface area contributed by atoms with Crippen molar-refractivity contribution >= 4 is 22.0 Å². The van der Waals surface area contributed by atoms with Gasteiger partial charge in [0.05, 0.1) is 7.11 Å². The van der Waals surface area contributed by atoms with Crippen molar-refractivity contribution in [3.05, 3.63) is 27.7 Å². The van der Waals surface area contributed by atoms with Crippen molar-refractivity contribution in [3.63, 3.8) is 0 Å². The summed E-state index contributed by atoms with van der Waals surface area (Å²) in [5.41, 5.74) is 1.63. The Morgan fingerprint density at radius 3 is 2.69 bits per heavy atom. The fourth-order valence-electron chi connectivity index (χ4n) is 1.99. The lowest BCUT2D eigenvalue weighted by Crippen LogP contribution is -2.06. The van der Waals surface area contributed by atoms with Gasteiger partial charge in [-0.1, -0.05) is 15.9 Å². The number of halogens is 1. The SMILES string of the molecule is COc1c(C)cc(Br)cc1C1(N=C=O)CC1. The van der Waals surface area contributed by atoms with Crippen LogP contribution in [0.2, 0.25) is 0 Å². The lowest BCUT2D eigenvalue weighted by atomic mass is 10.0. The maximum atomic E-state index is 10.5. The molecule has 0 radical (unpaired) electrons. The number of carbonyl (C=O) groups excluding carboxylic acids is 1. The minimum Gasteiger partial charge on any atom is -0.496 e. The zero-order valence-electron chi connectivity index (χ0n) is 9.21. The van der Waals surface area contributed by atoms with Crippen LogP contribution in [0.1, 0.15) is 24.0 Å². The summed E-state index contributed by atoms with van der Waals surface area (Å²) >= 11 is 3.45. The summed E-state index contributed by atoms with van der Waals surface area (Å²) in [4.78, 5) is 14.4. The van der Waals surface area contributed by atoms with Gasteiger partial charge in [0.25, 0.3) is 0 Å². The second-order valence-corrected chi connectivity index (χ2v) is 4.95. The lowest BCUT2D eigenvalue weighted by molar-refractivity contribution is 0.401. The Morgan fingerprint density at radius 2 is 2.19 bits per heavy atom. The van der Waals surface area contributed by atoms with E-state index in [4.69, 9.17) is 4.74 Å². The standard InChI is InChI=1S/C12H12BrNO2/c1-8-5-9(13)6-10(11(8)16-2)12(3-4-12)14-7-15/h5-6H,3-4H2,1-2H3. The van der Waals surface area contributed by atoms with Gasteiger partial charge in [-0.15, -0.1) is 0 Å². The molecule has 1 aromatic rings. The quantitative estimate of drug-likeness (QED) is 0.631. The highest BCUT2D eigenvalue weighted by atomic mass is 79.9. The molecule has 0 unspecified atom stereocenters. The number of nitrogens with zero attached hydrogens (tertiary/aromatic N) is 1. The Labute approximate surface area is 103 Å². The first-order valence-electron chi connectivity index (χ1n) is 5.06. The van der Waals surface area contributed by atoms with Gasteiger partial charge in [-0.3, -0.25) is 0 Å². The van der Waals surface area contributed by atoms with Crippen molar-refractivity contribution in [2.45, 2.75) is 25.3 Å². The van der Waals surface area contributed by atoms with Crippen LogP contribution in [-0.2, 0) is 10.3 Å². The Hall–Kier alpha value is -1.12. The molecular weight excluding hydrogens is 270 g/mol. The van der Waals surface area contributed by atoms with Crippen LogP contribution in [0.3, 0.4) is 0 Å². The topological polar surface area (TPSA) is 38.7 Å². The van der Waals surface area contributed by atoms with E-state index in [1.54, 1.807) is 13.2 Å². The van der Waals surface area contributed by atoms with E-state index in [2.05, 4.69) is 20.9 Å². The number of methoxy groups -OCH3 is 1. The van der Waals surface area contributed by atoms with Crippen LogP contribution in [-0.4, -0.2) is 13.2 Å². The molecule has 1 aliphatic carbocycles. The summed E-state index contributed by atoms with van der Waals surface area (Å²) in [6.45, 7) is 1.98. The first-order chi connectivity index (χ1) is 7.63. The monoisotopic (exact) mass is 281 g/mol. The molecule has 0 amide bonds. The van der Waals surface area contributed by atoms with Gasteiger partial charge >= 0.3 is 0 Å². The van der Waals surface area contributed by atoms with E-state index in [-0.39, 0.29) is 5.54 Å². The Kier molecular flexibility index (Phi) is 2.87. The molecule has 0 spiro atoms. The van der Waals surface area contributed by atoms with Gasteiger partial charge in [0, 0.05) is 10.0 Å². The van der Waals surface area contributed by atoms with Crippen molar-refractivity contribution < 1.29 is 9.53 Å². The summed E-state index contributed by atoms with van der Waals surface area (Å²) in [6.07, 6.45) is 3.43. The van der Waals surface area contributed by atoms with E-state index in [0.29, 0.717) is 0 Å². The third-order valence-corrected chi connectivity index (χ3v) is 3.39. The number of hydrogen-bond acceptors (Lipinski definition) is 3.